The predicted octanol–water partition coefficient (Wildman–Crippen LogP) is 8.67. The highest BCUT2D eigenvalue weighted by atomic mass is 16.5. The summed E-state index contributed by atoms with van der Waals surface area (Å²) in [5.41, 5.74) is 0.598. The Morgan fingerprint density at radius 1 is 0.515 bits per heavy atom. The molecule has 33 heavy (non-hydrogen) atoms. The Labute approximate surface area is 202 Å². The zero-order valence-electron chi connectivity index (χ0n) is 21.4. The van der Waals surface area contributed by atoms with Crippen LogP contribution in [0, 0.1) is 0 Å². The van der Waals surface area contributed by atoms with Crippen molar-refractivity contribution in [3.05, 3.63) is 35.4 Å². The van der Waals surface area contributed by atoms with Crippen LogP contribution in [-0.2, 0) is 9.47 Å². The molecule has 0 aliphatic rings. The van der Waals surface area contributed by atoms with Crippen molar-refractivity contribution in [1.82, 2.24) is 0 Å². The summed E-state index contributed by atoms with van der Waals surface area (Å²) in [5, 5.41) is 0. The Balaban J connectivity index is 2.18. The smallest absolute Gasteiger partial charge is 0.339 e. The SMILES string of the molecule is CCCCCCCCCCCCCOC(=O)c1ccccc1C(=O)OCCCCCCCC. The second-order valence-electron chi connectivity index (χ2n) is 9.12. The molecule has 0 N–H and O–H groups in total. The lowest BCUT2D eigenvalue weighted by Gasteiger charge is -2.10. The average Bonchev–Trinajstić information content (AvgIpc) is 2.84. The molecule has 4 heteroatoms. The Bertz CT molecular complexity index is 626. The van der Waals surface area contributed by atoms with Crippen LogP contribution in [0.1, 0.15) is 144 Å². The minimum Gasteiger partial charge on any atom is -0.462 e. The van der Waals surface area contributed by atoms with Gasteiger partial charge in [0.05, 0.1) is 24.3 Å². The van der Waals surface area contributed by atoms with Gasteiger partial charge in [0.15, 0.2) is 0 Å². The van der Waals surface area contributed by atoms with Crippen molar-refractivity contribution in [1.29, 1.82) is 0 Å². The van der Waals surface area contributed by atoms with Gasteiger partial charge in [-0.2, -0.15) is 0 Å². The van der Waals surface area contributed by atoms with E-state index >= 15 is 0 Å². The van der Waals surface area contributed by atoms with E-state index in [2.05, 4.69) is 13.8 Å². The van der Waals surface area contributed by atoms with Crippen LogP contribution in [0.3, 0.4) is 0 Å². The summed E-state index contributed by atoms with van der Waals surface area (Å²) in [5.74, 6) is -0.875. The maximum absolute atomic E-state index is 12.5. The van der Waals surface area contributed by atoms with Crippen molar-refractivity contribution in [3.63, 3.8) is 0 Å². The van der Waals surface area contributed by atoms with Crippen molar-refractivity contribution in [2.45, 2.75) is 123 Å². The van der Waals surface area contributed by atoms with E-state index in [-0.39, 0.29) is 0 Å². The van der Waals surface area contributed by atoms with Gasteiger partial charge < -0.3 is 9.47 Å². The molecule has 0 bridgehead atoms. The van der Waals surface area contributed by atoms with E-state index in [1.165, 1.54) is 83.5 Å². The number of benzene rings is 1. The zero-order valence-corrected chi connectivity index (χ0v) is 21.4. The lowest BCUT2D eigenvalue weighted by molar-refractivity contribution is 0.0450. The number of hydrogen-bond acceptors (Lipinski definition) is 4. The molecule has 0 saturated carbocycles. The zero-order chi connectivity index (χ0) is 24.0. The van der Waals surface area contributed by atoms with E-state index in [1.54, 1.807) is 24.3 Å². The van der Waals surface area contributed by atoms with Crippen LogP contribution in [0.5, 0.6) is 0 Å². The summed E-state index contributed by atoms with van der Waals surface area (Å²) < 4.78 is 10.8. The van der Waals surface area contributed by atoms with Gasteiger partial charge in [-0.3, -0.25) is 0 Å². The van der Waals surface area contributed by atoms with Crippen LogP contribution < -0.4 is 0 Å². The fourth-order valence-corrected chi connectivity index (χ4v) is 3.97. The van der Waals surface area contributed by atoms with Crippen molar-refractivity contribution >= 4 is 11.9 Å². The number of hydrogen-bond donors (Lipinski definition) is 0. The van der Waals surface area contributed by atoms with Crippen LogP contribution in [-0.4, -0.2) is 25.2 Å². The van der Waals surface area contributed by atoms with E-state index in [4.69, 9.17) is 9.47 Å². The van der Waals surface area contributed by atoms with E-state index in [0.29, 0.717) is 24.3 Å². The molecule has 0 atom stereocenters. The minimum atomic E-state index is -0.439. The second kappa shape index (κ2) is 20.7. The molecule has 0 aliphatic heterocycles. The number of rotatable bonds is 21. The monoisotopic (exact) mass is 460 g/mol. The normalized spacial score (nSPS) is 10.8. The Hall–Kier alpha value is -1.84. The maximum Gasteiger partial charge on any atom is 0.339 e. The number of esters is 2. The van der Waals surface area contributed by atoms with E-state index in [1.807, 2.05) is 0 Å². The molecule has 1 rings (SSSR count). The summed E-state index contributed by atoms with van der Waals surface area (Å²) in [6, 6.07) is 6.79. The van der Waals surface area contributed by atoms with Crippen molar-refractivity contribution in [2.24, 2.45) is 0 Å². The first-order valence-electron chi connectivity index (χ1n) is 13.6. The van der Waals surface area contributed by atoms with Gasteiger partial charge in [-0.1, -0.05) is 122 Å². The highest BCUT2D eigenvalue weighted by molar-refractivity contribution is 6.03. The minimum absolute atomic E-state index is 0.299. The number of unbranched alkanes of at least 4 members (excludes halogenated alkanes) is 15. The standard InChI is InChI=1S/C29H48O4/c1-3-5-7-9-11-12-13-14-15-17-21-25-33-29(31)27-23-19-18-22-26(27)28(30)32-24-20-16-10-8-6-4-2/h18-19,22-23H,3-17,20-21,24-25H2,1-2H3. The molecule has 0 amide bonds. The predicted molar refractivity (Wildman–Crippen MR) is 137 cm³/mol. The Morgan fingerprint density at radius 3 is 1.15 bits per heavy atom. The molecule has 4 nitrogen and oxygen atoms in total. The second-order valence-corrected chi connectivity index (χ2v) is 9.12. The molecular formula is C29H48O4. The van der Waals surface area contributed by atoms with Crippen molar-refractivity contribution in [2.75, 3.05) is 13.2 Å². The fourth-order valence-electron chi connectivity index (χ4n) is 3.97. The molecule has 0 unspecified atom stereocenters. The first kappa shape index (κ1) is 29.2. The molecule has 0 radical (unpaired) electrons. The molecule has 188 valence electrons. The van der Waals surface area contributed by atoms with Crippen LogP contribution >= 0.6 is 0 Å². The first-order chi connectivity index (χ1) is 16.2. The number of carbonyl (C=O) groups is 2. The van der Waals surface area contributed by atoms with Gasteiger partial charge in [0, 0.05) is 0 Å². The maximum atomic E-state index is 12.5. The summed E-state index contributed by atoms with van der Waals surface area (Å²) >= 11 is 0. The molecule has 0 heterocycles. The molecule has 0 spiro atoms. The Kier molecular flexibility index (Phi) is 18.4. The molecule has 1 aromatic carbocycles. The fraction of sp³-hybridized carbons (Fsp3) is 0.724. The summed E-state index contributed by atoms with van der Waals surface area (Å²) in [7, 11) is 0. The summed E-state index contributed by atoms with van der Waals surface area (Å²) in [6.07, 6.45) is 20.6. The lowest BCUT2D eigenvalue weighted by Crippen LogP contribution is -2.15. The molecule has 0 aliphatic carbocycles. The van der Waals surface area contributed by atoms with E-state index in [9.17, 15) is 9.59 Å². The van der Waals surface area contributed by atoms with Crippen molar-refractivity contribution < 1.29 is 19.1 Å². The number of carbonyl (C=O) groups excluding carboxylic acids is 2. The number of ether oxygens (including phenoxy) is 2. The van der Waals surface area contributed by atoms with Gasteiger partial charge >= 0.3 is 11.9 Å². The van der Waals surface area contributed by atoms with Gasteiger partial charge in [0.1, 0.15) is 0 Å². The molecule has 1 aromatic rings. The van der Waals surface area contributed by atoms with Crippen LogP contribution in [0.2, 0.25) is 0 Å². The summed E-state index contributed by atoms with van der Waals surface area (Å²) in [6.45, 7) is 5.24. The van der Waals surface area contributed by atoms with E-state index in [0.717, 1.165) is 25.7 Å². The third-order valence-electron chi connectivity index (χ3n) is 6.08. The average molecular weight is 461 g/mol. The van der Waals surface area contributed by atoms with E-state index < -0.39 is 11.9 Å². The third kappa shape index (κ3) is 14.8. The van der Waals surface area contributed by atoms with Gasteiger partial charge in [0.2, 0.25) is 0 Å². The van der Waals surface area contributed by atoms with Crippen LogP contribution in [0.25, 0.3) is 0 Å². The molecule has 0 saturated heterocycles. The van der Waals surface area contributed by atoms with Crippen molar-refractivity contribution in [3.8, 4) is 0 Å². The quantitative estimate of drug-likeness (QED) is 0.136. The topological polar surface area (TPSA) is 52.6 Å². The van der Waals surface area contributed by atoms with Gasteiger partial charge in [0.25, 0.3) is 0 Å². The largest absolute Gasteiger partial charge is 0.462 e. The molecular weight excluding hydrogens is 412 g/mol. The Morgan fingerprint density at radius 2 is 0.818 bits per heavy atom. The highest BCUT2D eigenvalue weighted by Gasteiger charge is 2.18. The van der Waals surface area contributed by atoms with Crippen LogP contribution in [0.15, 0.2) is 24.3 Å². The van der Waals surface area contributed by atoms with Crippen LogP contribution in [0.4, 0.5) is 0 Å². The third-order valence-corrected chi connectivity index (χ3v) is 6.08. The van der Waals surface area contributed by atoms with Gasteiger partial charge in [-0.05, 0) is 25.0 Å². The van der Waals surface area contributed by atoms with Gasteiger partial charge in [-0.15, -0.1) is 0 Å². The first-order valence-corrected chi connectivity index (χ1v) is 13.6. The lowest BCUT2D eigenvalue weighted by atomic mass is 10.1. The summed E-state index contributed by atoms with van der Waals surface area (Å²) in [4.78, 5) is 24.9. The molecule has 0 fully saturated rings. The highest BCUT2D eigenvalue weighted by Crippen LogP contribution is 2.14. The van der Waals surface area contributed by atoms with Gasteiger partial charge in [-0.25, -0.2) is 9.59 Å². The molecule has 0 aromatic heterocycles.